The van der Waals surface area contributed by atoms with E-state index in [-0.39, 0.29) is 22.0 Å². The second-order valence-corrected chi connectivity index (χ2v) is 19.8. The summed E-state index contributed by atoms with van der Waals surface area (Å²) in [5, 5.41) is 13.9. The molecule has 0 fully saturated rings. The maximum Gasteiger partial charge on any atom is 0.124 e. The van der Waals surface area contributed by atoms with E-state index in [9.17, 15) is 5.11 Å². The van der Waals surface area contributed by atoms with E-state index in [0.29, 0.717) is 0 Å². The average Bonchev–Trinajstić information content (AvgIpc) is 3.60. The Bertz CT molecular complexity index is 3100. The Morgan fingerprint density at radius 1 is 0.419 bits per heavy atom. The van der Waals surface area contributed by atoms with Gasteiger partial charge in [0.15, 0.2) is 0 Å². The summed E-state index contributed by atoms with van der Waals surface area (Å²) in [6.45, 7) is 20.2. The highest BCUT2D eigenvalue weighted by atomic mass is 16.3. The molecule has 3 aromatic heterocycles. The third-order valence-corrected chi connectivity index (χ3v) is 12.2. The first kappa shape index (κ1) is 40.6. The number of benzene rings is 6. The van der Waals surface area contributed by atoms with Gasteiger partial charge in [-0.3, -0.25) is 4.98 Å². The first-order chi connectivity index (χ1) is 29.5. The van der Waals surface area contributed by atoms with Gasteiger partial charge in [-0.25, -0.2) is 4.98 Å². The molecule has 3 heterocycles. The summed E-state index contributed by atoms with van der Waals surface area (Å²) in [4.78, 5) is 10.3. The maximum atomic E-state index is 11.4. The zero-order valence-corrected chi connectivity index (χ0v) is 37.4. The van der Waals surface area contributed by atoms with Crippen LogP contribution < -0.4 is 0 Å². The minimum absolute atomic E-state index is 0.0481. The molecule has 4 heteroatoms. The summed E-state index contributed by atoms with van der Waals surface area (Å²) in [6.07, 6.45) is 1.92. The SMILES string of the molecule is CC(C)(C)c1cc(-c2cc(-c3cccc(-c4cc(-c5cccc6c7ccccc7n(-c7ccccc7)c56)ccn4)c3)nc(-c3cc(C(C)(C)C)ccc3O)c2)cc(C(C)(C)C)c1. The van der Waals surface area contributed by atoms with Crippen LogP contribution in [0.5, 0.6) is 5.75 Å². The van der Waals surface area contributed by atoms with Crippen LogP contribution in [0, 0.1) is 0 Å². The topological polar surface area (TPSA) is 50.9 Å². The van der Waals surface area contributed by atoms with Crippen LogP contribution in [0.1, 0.15) is 79.0 Å². The highest BCUT2D eigenvalue weighted by Gasteiger charge is 2.23. The molecule has 62 heavy (non-hydrogen) atoms. The number of aromatic nitrogens is 3. The van der Waals surface area contributed by atoms with E-state index >= 15 is 0 Å². The smallest absolute Gasteiger partial charge is 0.124 e. The largest absolute Gasteiger partial charge is 0.507 e. The molecular formula is C58H55N3O. The fourth-order valence-electron chi connectivity index (χ4n) is 8.54. The summed E-state index contributed by atoms with van der Waals surface area (Å²) in [6, 6.07) is 56.0. The van der Waals surface area contributed by atoms with Gasteiger partial charge in [0, 0.05) is 44.9 Å². The zero-order valence-electron chi connectivity index (χ0n) is 37.4. The van der Waals surface area contributed by atoms with Gasteiger partial charge < -0.3 is 9.67 Å². The molecular weight excluding hydrogens is 755 g/mol. The first-order valence-corrected chi connectivity index (χ1v) is 21.7. The molecule has 0 unspecified atom stereocenters. The van der Waals surface area contributed by atoms with Gasteiger partial charge in [0.05, 0.1) is 28.1 Å². The molecule has 0 radical (unpaired) electrons. The van der Waals surface area contributed by atoms with E-state index in [1.54, 1.807) is 6.07 Å². The van der Waals surface area contributed by atoms with Crippen molar-refractivity contribution in [3.8, 4) is 67.5 Å². The van der Waals surface area contributed by atoms with Gasteiger partial charge in [-0.2, -0.15) is 0 Å². The standard InChI is InChI=1S/C58H55N3O/c1-56(2,3)42-25-26-54(62)49(36-42)52-34-41(40-30-43(57(4,5)6)35-44(31-40)58(7,8)9)33-51(60-52)39-18-15-17-38(29-39)50-32-37(27-28-59-50)46-22-16-23-48-47-21-13-14-24-53(47)61(55(46)48)45-19-11-10-12-20-45/h10-36,62H,1-9H3. The Morgan fingerprint density at radius 2 is 1.02 bits per heavy atom. The van der Waals surface area contributed by atoms with Crippen LogP contribution in [0.25, 0.3) is 83.5 Å². The fraction of sp³-hybridized carbons (Fsp3) is 0.207. The quantitative estimate of drug-likeness (QED) is 0.182. The molecule has 0 saturated heterocycles. The number of aromatic hydroxyl groups is 1. The van der Waals surface area contributed by atoms with Crippen LogP contribution in [0.15, 0.2) is 164 Å². The Labute approximate surface area is 366 Å². The number of pyridine rings is 2. The van der Waals surface area contributed by atoms with Crippen molar-refractivity contribution >= 4 is 21.8 Å². The van der Waals surface area contributed by atoms with Crippen molar-refractivity contribution in [1.82, 2.24) is 14.5 Å². The molecule has 1 N–H and O–H groups in total. The molecule has 0 saturated carbocycles. The number of nitrogens with zero attached hydrogens (tertiary/aromatic N) is 3. The summed E-state index contributed by atoms with van der Waals surface area (Å²) in [5.41, 5.74) is 16.5. The molecule has 308 valence electrons. The first-order valence-electron chi connectivity index (χ1n) is 21.7. The maximum absolute atomic E-state index is 11.4. The van der Waals surface area contributed by atoms with E-state index in [4.69, 9.17) is 9.97 Å². The molecule has 6 aromatic carbocycles. The molecule has 4 nitrogen and oxygen atoms in total. The lowest BCUT2D eigenvalue weighted by molar-refractivity contribution is 0.476. The van der Waals surface area contributed by atoms with E-state index in [1.165, 1.54) is 32.9 Å². The normalized spacial score (nSPS) is 12.3. The molecule has 9 rings (SSSR count). The number of phenols is 1. The molecule has 0 aliphatic heterocycles. The van der Waals surface area contributed by atoms with E-state index in [2.05, 4.69) is 212 Å². The van der Waals surface area contributed by atoms with Gasteiger partial charge in [-0.1, -0.05) is 159 Å². The van der Waals surface area contributed by atoms with Gasteiger partial charge in [-0.15, -0.1) is 0 Å². The van der Waals surface area contributed by atoms with Crippen molar-refractivity contribution < 1.29 is 5.11 Å². The highest BCUT2D eigenvalue weighted by molar-refractivity contribution is 6.13. The molecule has 0 atom stereocenters. The van der Waals surface area contributed by atoms with Crippen molar-refractivity contribution in [1.29, 1.82) is 0 Å². The van der Waals surface area contributed by atoms with Gasteiger partial charge in [-0.05, 0) is 110 Å². The van der Waals surface area contributed by atoms with Crippen LogP contribution in [-0.2, 0) is 16.2 Å². The van der Waals surface area contributed by atoms with Crippen molar-refractivity contribution in [3.05, 3.63) is 181 Å². The Balaban J connectivity index is 1.21. The summed E-state index contributed by atoms with van der Waals surface area (Å²) >= 11 is 0. The number of hydrogen-bond acceptors (Lipinski definition) is 3. The van der Waals surface area contributed by atoms with Gasteiger partial charge in [0.2, 0.25) is 0 Å². The lowest BCUT2D eigenvalue weighted by Crippen LogP contribution is -2.16. The van der Waals surface area contributed by atoms with Gasteiger partial charge >= 0.3 is 0 Å². The molecule has 9 aromatic rings. The predicted octanol–water partition coefficient (Wildman–Crippen LogP) is 15.5. The second-order valence-electron chi connectivity index (χ2n) is 19.8. The molecule has 0 bridgehead atoms. The minimum atomic E-state index is -0.106. The van der Waals surface area contributed by atoms with Crippen LogP contribution in [0.3, 0.4) is 0 Å². The number of phenolic OH excluding ortho intramolecular Hbond substituents is 1. The van der Waals surface area contributed by atoms with Crippen molar-refractivity contribution in [3.63, 3.8) is 0 Å². The third kappa shape index (κ3) is 7.71. The number of para-hydroxylation sites is 3. The third-order valence-electron chi connectivity index (χ3n) is 12.2. The Morgan fingerprint density at radius 3 is 1.73 bits per heavy atom. The number of rotatable bonds is 6. The zero-order chi connectivity index (χ0) is 43.6. The second kappa shape index (κ2) is 15.3. The predicted molar refractivity (Wildman–Crippen MR) is 261 cm³/mol. The van der Waals surface area contributed by atoms with Crippen LogP contribution >= 0.6 is 0 Å². The highest BCUT2D eigenvalue weighted by Crippen LogP contribution is 2.42. The monoisotopic (exact) mass is 809 g/mol. The molecule has 0 aliphatic rings. The van der Waals surface area contributed by atoms with Crippen LogP contribution in [0.2, 0.25) is 0 Å². The lowest BCUT2D eigenvalue weighted by atomic mass is 9.79. The van der Waals surface area contributed by atoms with Gasteiger partial charge in [0.25, 0.3) is 0 Å². The minimum Gasteiger partial charge on any atom is -0.507 e. The van der Waals surface area contributed by atoms with Crippen molar-refractivity contribution in [2.75, 3.05) is 0 Å². The Hall–Kier alpha value is -6.78. The molecule has 0 spiro atoms. The van der Waals surface area contributed by atoms with E-state index < -0.39 is 0 Å². The summed E-state index contributed by atoms with van der Waals surface area (Å²) in [7, 11) is 0. The van der Waals surface area contributed by atoms with E-state index in [0.717, 1.165) is 67.3 Å². The molecule has 0 amide bonds. The fourth-order valence-corrected chi connectivity index (χ4v) is 8.54. The summed E-state index contributed by atoms with van der Waals surface area (Å²) in [5.74, 6) is 0.212. The number of hydrogen-bond donors (Lipinski definition) is 1. The van der Waals surface area contributed by atoms with Crippen LogP contribution in [0.4, 0.5) is 0 Å². The van der Waals surface area contributed by atoms with Gasteiger partial charge in [0.1, 0.15) is 5.75 Å². The molecule has 0 aliphatic carbocycles. The lowest BCUT2D eigenvalue weighted by Gasteiger charge is -2.26. The van der Waals surface area contributed by atoms with Crippen molar-refractivity contribution in [2.24, 2.45) is 0 Å². The van der Waals surface area contributed by atoms with Crippen molar-refractivity contribution in [2.45, 2.75) is 78.6 Å². The Kier molecular flexibility index (Phi) is 10.0. The average molecular weight is 810 g/mol. The van der Waals surface area contributed by atoms with Crippen LogP contribution in [-0.4, -0.2) is 19.6 Å². The van der Waals surface area contributed by atoms with E-state index in [1.807, 2.05) is 12.3 Å². The summed E-state index contributed by atoms with van der Waals surface area (Å²) < 4.78 is 2.38. The number of fused-ring (bicyclic) bond motifs is 3.